The zero-order valence-electron chi connectivity index (χ0n) is 13.3. The summed E-state index contributed by atoms with van der Waals surface area (Å²) in [5, 5.41) is 4.25. The van der Waals surface area contributed by atoms with Crippen LogP contribution in [0.25, 0.3) is 0 Å². The molecule has 0 aliphatic heterocycles. The zero-order valence-corrected chi connectivity index (χ0v) is 14.0. The molecule has 1 nitrogen and oxygen atoms in total. The lowest BCUT2D eigenvalue weighted by Gasteiger charge is -2.27. The standard InChI is InChI=1S/C19H24ClN/c1-19(2,3)17-8-6-5-7-16(17)18(21-4)13-14-9-11-15(20)12-10-14/h5-12,18,21H,13H2,1-4H3. The van der Waals surface area contributed by atoms with Gasteiger partial charge in [0.2, 0.25) is 0 Å². The smallest absolute Gasteiger partial charge is 0.0406 e. The molecule has 0 amide bonds. The van der Waals surface area contributed by atoms with Gasteiger partial charge in [0.15, 0.2) is 0 Å². The van der Waals surface area contributed by atoms with Gasteiger partial charge in [-0.3, -0.25) is 0 Å². The Kier molecular flexibility index (Phi) is 5.08. The van der Waals surface area contributed by atoms with Crippen molar-refractivity contribution in [2.75, 3.05) is 7.05 Å². The minimum Gasteiger partial charge on any atom is -0.313 e. The first-order chi connectivity index (χ1) is 9.91. The molecule has 0 aliphatic rings. The summed E-state index contributed by atoms with van der Waals surface area (Å²) in [6, 6.07) is 17.1. The second-order valence-electron chi connectivity index (χ2n) is 6.51. The molecule has 0 heterocycles. The Morgan fingerprint density at radius 1 is 1.00 bits per heavy atom. The molecule has 21 heavy (non-hydrogen) atoms. The predicted molar refractivity (Wildman–Crippen MR) is 92.1 cm³/mol. The number of hydrogen-bond donors (Lipinski definition) is 1. The van der Waals surface area contributed by atoms with Gasteiger partial charge in [-0.2, -0.15) is 0 Å². The minimum atomic E-state index is 0.145. The SMILES string of the molecule is CNC(Cc1ccc(Cl)cc1)c1ccccc1C(C)(C)C. The molecule has 2 rings (SSSR count). The van der Waals surface area contributed by atoms with Crippen LogP contribution in [0.3, 0.4) is 0 Å². The van der Waals surface area contributed by atoms with Gasteiger partial charge in [-0.15, -0.1) is 0 Å². The first kappa shape index (κ1) is 16.1. The topological polar surface area (TPSA) is 12.0 Å². The van der Waals surface area contributed by atoms with Crippen molar-refractivity contribution in [2.45, 2.75) is 38.6 Å². The summed E-state index contributed by atoms with van der Waals surface area (Å²) < 4.78 is 0. The quantitative estimate of drug-likeness (QED) is 0.824. The summed E-state index contributed by atoms with van der Waals surface area (Å²) in [6.45, 7) is 6.79. The molecule has 2 aromatic carbocycles. The molecule has 0 spiro atoms. The second kappa shape index (κ2) is 6.64. The fourth-order valence-corrected chi connectivity index (χ4v) is 2.83. The third-order valence-corrected chi connectivity index (χ3v) is 4.10. The Balaban J connectivity index is 2.32. The Labute approximate surface area is 133 Å². The van der Waals surface area contributed by atoms with E-state index in [2.05, 4.69) is 62.5 Å². The van der Waals surface area contributed by atoms with E-state index in [0.717, 1.165) is 11.4 Å². The average molecular weight is 302 g/mol. The zero-order chi connectivity index (χ0) is 15.5. The van der Waals surface area contributed by atoms with Crippen LogP contribution < -0.4 is 5.32 Å². The second-order valence-corrected chi connectivity index (χ2v) is 6.95. The largest absolute Gasteiger partial charge is 0.313 e. The van der Waals surface area contributed by atoms with Crippen molar-refractivity contribution in [3.63, 3.8) is 0 Å². The molecule has 1 unspecified atom stereocenters. The van der Waals surface area contributed by atoms with Crippen LogP contribution in [0.2, 0.25) is 5.02 Å². The maximum absolute atomic E-state index is 5.97. The van der Waals surface area contributed by atoms with Gasteiger partial charge in [-0.25, -0.2) is 0 Å². The summed E-state index contributed by atoms with van der Waals surface area (Å²) >= 11 is 5.97. The summed E-state index contributed by atoms with van der Waals surface area (Å²) in [5.41, 5.74) is 4.22. The van der Waals surface area contributed by atoms with Crippen molar-refractivity contribution in [2.24, 2.45) is 0 Å². The third-order valence-electron chi connectivity index (χ3n) is 3.85. The highest BCUT2D eigenvalue weighted by molar-refractivity contribution is 6.30. The van der Waals surface area contributed by atoms with Gasteiger partial charge in [-0.05, 0) is 47.7 Å². The average Bonchev–Trinajstić information content (AvgIpc) is 2.46. The van der Waals surface area contributed by atoms with Gasteiger partial charge in [-0.1, -0.05) is 68.8 Å². The third kappa shape index (κ3) is 4.09. The van der Waals surface area contributed by atoms with Gasteiger partial charge in [0, 0.05) is 11.1 Å². The van der Waals surface area contributed by atoms with Gasteiger partial charge in [0.05, 0.1) is 0 Å². The first-order valence-corrected chi connectivity index (χ1v) is 7.80. The summed E-state index contributed by atoms with van der Waals surface area (Å²) in [5.74, 6) is 0. The summed E-state index contributed by atoms with van der Waals surface area (Å²) in [4.78, 5) is 0. The molecule has 0 saturated carbocycles. The van der Waals surface area contributed by atoms with E-state index in [1.165, 1.54) is 16.7 Å². The van der Waals surface area contributed by atoms with Crippen LogP contribution in [-0.2, 0) is 11.8 Å². The molecule has 0 fully saturated rings. The van der Waals surface area contributed by atoms with E-state index in [4.69, 9.17) is 11.6 Å². The predicted octanol–water partition coefficient (Wildman–Crippen LogP) is 5.14. The van der Waals surface area contributed by atoms with Crippen LogP contribution in [0.5, 0.6) is 0 Å². The van der Waals surface area contributed by atoms with Crippen molar-refractivity contribution >= 4 is 11.6 Å². The minimum absolute atomic E-state index is 0.145. The van der Waals surface area contributed by atoms with Gasteiger partial charge in [0.25, 0.3) is 0 Å². The molecule has 0 saturated heterocycles. The van der Waals surface area contributed by atoms with E-state index in [0.29, 0.717) is 6.04 Å². The number of nitrogens with one attached hydrogen (secondary N) is 1. The van der Waals surface area contributed by atoms with Gasteiger partial charge in [0.1, 0.15) is 0 Å². The molecule has 0 radical (unpaired) electrons. The number of halogens is 1. The summed E-state index contributed by atoms with van der Waals surface area (Å²) in [7, 11) is 2.03. The molecule has 112 valence electrons. The van der Waals surface area contributed by atoms with E-state index in [1.54, 1.807) is 0 Å². The lowest BCUT2D eigenvalue weighted by molar-refractivity contribution is 0.539. The van der Waals surface area contributed by atoms with E-state index in [-0.39, 0.29) is 5.41 Å². The molecule has 0 aliphatic carbocycles. The molecular formula is C19H24ClN. The van der Waals surface area contributed by atoms with Crippen molar-refractivity contribution in [1.29, 1.82) is 0 Å². The molecule has 1 N–H and O–H groups in total. The van der Waals surface area contributed by atoms with Gasteiger partial charge < -0.3 is 5.32 Å². The maximum Gasteiger partial charge on any atom is 0.0406 e. The number of hydrogen-bond acceptors (Lipinski definition) is 1. The van der Waals surface area contributed by atoms with E-state index < -0.39 is 0 Å². The number of rotatable bonds is 4. The number of benzene rings is 2. The maximum atomic E-state index is 5.97. The lowest BCUT2D eigenvalue weighted by Crippen LogP contribution is -2.24. The lowest BCUT2D eigenvalue weighted by atomic mass is 9.81. The molecule has 0 aromatic heterocycles. The van der Waals surface area contributed by atoms with Crippen LogP contribution >= 0.6 is 11.6 Å². The molecule has 2 aromatic rings. The first-order valence-electron chi connectivity index (χ1n) is 7.43. The van der Waals surface area contributed by atoms with Crippen LogP contribution in [0.4, 0.5) is 0 Å². The number of likely N-dealkylation sites (N-methyl/N-ethyl adjacent to an activating group) is 1. The molecule has 1 atom stereocenters. The van der Waals surface area contributed by atoms with Crippen LogP contribution in [0.1, 0.15) is 43.5 Å². The molecule has 0 bridgehead atoms. The van der Waals surface area contributed by atoms with Crippen molar-refractivity contribution in [3.05, 3.63) is 70.2 Å². The Morgan fingerprint density at radius 2 is 1.62 bits per heavy atom. The van der Waals surface area contributed by atoms with Crippen molar-refractivity contribution < 1.29 is 0 Å². The van der Waals surface area contributed by atoms with E-state index in [1.807, 2.05) is 19.2 Å². The van der Waals surface area contributed by atoms with Crippen LogP contribution in [0.15, 0.2) is 48.5 Å². The highest BCUT2D eigenvalue weighted by Gasteiger charge is 2.21. The van der Waals surface area contributed by atoms with Crippen LogP contribution in [-0.4, -0.2) is 7.05 Å². The Hall–Kier alpha value is -1.31. The van der Waals surface area contributed by atoms with E-state index in [9.17, 15) is 0 Å². The summed E-state index contributed by atoms with van der Waals surface area (Å²) in [6.07, 6.45) is 0.959. The van der Waals surface area contributed by atoms with Crippen molar-refractivity contribution in [3.8, 4) is 0 Å². The molecule has 2 heteroatoms. The highest BCUT2D eigenvalue weighted by Crippen LogP contribution is 2.31. The van der Waals surface area contributed by atoms with Crippen LogP contribution in [0, 0.1) is 0 Å². The normalized spacial score (nSPS) is 13.2. The monoisotopic (exact) mass is 301 g/mol. The van der Waals surface area contributed by atoms with Crippen molar-refractivity contribution in [1.82, 2.24) is 5.32 Å². The highest BCUT2D eigenvalue weighted by atomic mass is 35.5. The van der Waals surface area contributed by atoms with Gasteiger partial charge >= 0.3 is 0 Å². The Bertz CT molecular complexity index is 581. The fraction of sp³-hybridized carbons (Fsp3) is 0.368. The molecular weight excluding hydrogens is 278 g/mol. The van der Waals surface area contributed by atoms with E-state index >= 15 is 0 Å². The fourth-order valence-electron chi connectivity index (χ4n) is 2.71. The Morgan fingerprint density at radius 3 is 2.19 bits per heavy atom.